The summed E-state index contributed by atoms with van der Waals surface area (Å²) in [6, 6.07) is 6.72. The average molecular weight is 300 g/mol. The number of benzene rings is 1. The highest BCUT2D eigenvalue weighted by molar-refractivity contribution is 5.78. The summed E-state index contributed by atoms with van der Waals surface area (Å²) in [5.74, 6) is 1.17. The van der Waals surface area contributed by atoms with Crippen molar-refractivity contribution < 1.29 is 4.79 Å². The van der Waals surface area contributed by atoms with Crippen LogP contribution >= 0.6 is 0 Å². The van der Waals surface area contributed by atoms with Gasteiger partial charge < -0.3 is 10.2 Å². The van der Waals surface area contributed by atoms with Crippen molar-refractivity contribution >= 4 is 11.6 Å². The van der Waals surface area contributed by atoms with Gasteiger partial charge in [0, 0.05) is 31.2 Å². The van der Waals surface area contributed by atoms with Crippen LogP contribution in [0.3, 0.4) is 0 Å². The molecule has 1 amide bonds. The summed E-state index contributed by atoms with van der Waals surface area (Å²) in [5.41, 5.74) is 4.03. The van der Waals surface area contributed by atoms with Crippen LogP contribution in [-0.2, 0) is 4.79 Å². The van der Waals surface area contributed by atoms with Crippen molar-refractivity contribution in [2.45, 2.75) is 46.0 Å². The minimum absolute atomic E-state index is 0.289. The second kappa shape index (κ2) is 6.72. The molecule has 22 heavy (non-hydrogen) atoms. The van der Waals surface area contributed by atoms with Gasteiger partial charge in [0.15, 0.2) is 0 Å². The van der Waals surface area contributed by atoms with Gasteiger partial charge in [0.05, 0.1) is 0 Å². The van der Waals surface area contributed by atoms with Crippen molar-refractivity contribution in [2.75, 3.05) is 24.5 Å². The number of rotatable bonds is 4. The lowest BCUT2D eigenvalue weighted by Gasteiger charge is -2.20. The van der Waals surface area contributed by atoms with Crippen molar-refractivity contribution in [3.05, 3.63) is 29.3 Å². The molecule has 1 heterocycles. The van der Waals surface area contributed by atoms with Crippen LogP contribution < -0.4 is 10.2 Å². The number of nitrogens with zero attached hydrogens (tertiary/aromatic N) is 1. The van der Waals surface area contributed by atoms with Crippen molar-refractivity contribution in [1.29, 1.82) is 0 Å². The maximum absolute atomic E-state index is 12.1. The first-order valence-corrected chi connectivity index (χ1v) is 8.73. The van der Waals surface area contributed by atoms with Crippen molar-refractivity contribution in [1.82, 2.24) is 5.32 Å². The Hall–Kier alpha value is -1.51. The number of carbonyl (C=O) groups excluding carboxylic acids is 1. The molecule has 0 radical (unpaired) electrons. The first-order chi connectivity index (χ1) is 10.6. The molecule has 2 aliphatic rings. The monoisotopic (exact) mass is 300 g/mol. The molecule has 1 atom stereocenters. The summed E-state index contributed by atoms with van der Waals surface area (Å²) in [5, 5.41) is 3.19. The lowest BCUT2D eigenvalue weighted by molar-refractivity contribution is -0.124. The fourth-order valence-corrected chi connectivity index (χ4v) is 3.73. The van der Waals surface area contributed by atoms with Crippen molar-refractivity contribution in [2.24, 2.45) is 11.8 Å². The average Bonchev–Trinajstić information content (AvgIpc) is 3.19. The second-order valence-corrected chi connectivity index (χ2v) is 7.10. The molecule has 3 heteroatoms. The van der Waals surface area contributed by atoms with E-state index in [2.05, 4.69) is 42.3 Å². The summed E-state index contributed by atoms with van der Waals surface area (Å²) in [4.78, 5) is 14.6. The lowest BCUT2D eigenvalue weighted by atomic mass is 10.1. The van der Waals surface area contributed by atoms with E-state index >= 15 is 0 Å². The predicted molar refractivity (Wildman–Crippen MR) is 91.2 cm³/mol. The van der Waals surface area contributed by atoms with Gasteiger partial charge >= 0.3 is 0 Å². The number of amides is 1. The van der Waals surface area contributed by atoms with E-state index in [1.807, 2.05) is 0 Å². The molecular formula is C19H28N2O. The van der Waals surface area contributed by atoms with Gasteiger partial charge in [-0.2, -0.15) is 0 Å². The van der Waals surface area contributed by atoms with Gasteiger partial charge in [-0.15, -0.1) is 0 Å². The van der Waals surface area contributed by atoms with E-state index in [4.69, 9.17) is 0 Å². The van der Waals surface area contributed by atoms with E-state index in [0.717, 1.165) is 32.5 Å². The van der Waals surface area contributed by atoms with E-state index in [1.54, 1.807) is 0 Å². The number of anilines is 1. The van der Waals surface area contributed by atoms with Gasteiger partial charge in [-0.3, -0.25) is 4.79 Å². The van der Waals surface area contributed by atoms with E-state index < -0.39 is 0 Å². The first kappa shape index (κ1) is 15.4. The van der Waals surface area contributed by atoms with Crippen LogP contribution in [0.4, 0.5) is 5.69 Å². The summed E-state index contributed by atoms with van der Waals surface area (Å²) in [6.45, 7) is 7.34. The van der Waals surface area contributed by atoms with Crippen LogP contribution in [0.5, 0.6) is 0 Å². The number of nitrogens with one attached hydrogen (secondary N) is 1. The van der Waals surface area contributed by atoms with Crippen LogP contribution in [0.1, 0.15) is 43.2 Å². The van der Waals surface area contributed by atoms with Crippen LogP contribution in [0, 0.1) is 25.7 Å². The zero-order valence-electron chi connectivity index (χ0n) is 13.9. The van der Waals surface area contributed by atoms with Gasteiger partial charge in [-0.05, 0) is 62.3 Å². The molecule has 1 aromatic rings. The topological polar surface area (TPSA) is 32.3 Å². The van der Waals surface area contributed by atoms with Gasteiger partial charge in [0.2, 0.25) is 5.91 Å². The molecule has 3 rings (SSSR count). The van der Waals surface area contributed by atoms with E-state index in [1.165, 1.54) is 36.1 Å². The highest BCUT2D eigenvalue weighted by Crippen LogP contribution is 2.27. The van der Waals surface area contributed by atoms with Crippen molar-refractivity contribution in [3.63, 3.8) is 0 Å². The second-order valence-electron chi connectivity index (χ2n) is 7.10. The maximum Gasteiger partial charge on any atom is 0.223 e. The Kier molecular flexibility index (Phi) is 4.70. The zero-order chi connectivity index (χ0) is 15.5. The molecule has 1 aromatic carbocycles. The summed E-state index contributed by atoms with van der Waals surface area (Å²) in [6.07, 6.45) is 5.80. The lowest BCUT2D eigenvalue weighted by Crippen LogP contribution is -2.34. The van der Waals surface area contributed by atoms with E-state index in [0.29, 0.717) is 11.8 Å². The number of hydrogen-bond donors (Lipinski definition) is 1. The molecule has 0 spiro atoms. The molecule has 2 fully saturated rings. The molecule has 0 aromatic heterocycles. The Morgan fingerprint density at radius 3 is 2.68 bits per heavy atom. The summed E-state index contributed by atoms with van der Waals surface area (Å²) in [7, 11) is 0. The third-order valence-corrected chi connectivity index (χ3v) is 5.43. The molecule has 1 unspecified atom stereocenters. The Balaban J connectivity index is 1.49. The zero-order valence-corrected chi connectivity index (χ0v) is 13.9. The van der Waals surface area contributed by atoms with Gasteiger partial charge in [0.1, 0.15) is 0 Å². The van der Waals surface area contributed by atoms with Crippen molar-refractivity contribution in [3.8, 4) is 0 Å². The van der Waals surface area contributed by atoms with Crippen LogP contribution in [0.2, 0.25) is 0 Å². The standard InChI is InChI=1S/C19H28N2O/c1-14-7-8-18(11-15(14)2)21-10-9-16(13-21)12-20-19(22)17-5-3-4-6-17/h7-8,11,16-17H,3-6,9-10,12-13H2,1-2H3,(H,20,22). The normalized spacial score (nSPS) is 22.3. The minimum atomic E-state index is 0.289. The molecule has 1 saturated carbocycles. The first-order valence-electron chi connectivity index (χ1n) is 8.73. The molecule has 1 N–H and O–H groups in total. The maximum atomic E-state index is 12.1. The Morgan fingerprint density at radius 2 is 1.95 bits per heavy atom. The molecule has 1 saturated heterocycles. The third kappa shape index (κ3) is 3.45. The van der Waals surface area contributed by atoms with E-state index in [-0.39, 0.29) is 5.92 Å². The quantitative estimate of drug-likeness (QED) is 0.924. The van der Waals surface area contributed by atoms with E-state index in [9.17, 15) is 4.79 Å². The SMILES string of the molecule is Cc1ccc(N2CCC(CNC(=O)C3CCCC3)C2)cc1C. The van der Waals surface area contributed by atoms with Gasteiger partial charge in [-0.25, -0.2) is 0 Å². The minimum Gasteiger partial charge on any atom is -0.371 e. The highest BCUT2D eigenvalue weighted by atomic mass is 16.1. The largest absolute Gasteiger partial charge is 0.371 e. The summed E-state index contributed by atoms with van der Waals surface area (Å²) < 4.78 is 0. The third-order valence-electron chi connectivity index (χ3n) is 5.43. The number of aryl methyl sites for hydroxylation is 2. The predicted octanol–water partition coefficient (Wildman–Crippen LogP) is 3.44. The Morgan fingerprint density at radius 1 is 1.18 bits per heavy atom. The number of hydrogen-bond acceptors (Lipinski definition) is 2. The molecule has 120 valence electrons. The Bertz CT molecular complexity index is 534. The van der Waals surface area contributed by atoms with Crippen LogP contribution in [0.25, 0.3) is 0 Å². The van der Waals surface area contributed by atoms with Crippen LogP contribution in [-0.4, -0.2) is 25.5 Å². The highest BCUT2D eigenvalue weighted by Gasteiger charge is 2.26. The smallest absolute Gasteiger partial charge is 0.223 e. The van der Waals surface area contributed by atoms with Gasteiger partial charge in [-0.1, -0.05) is 18.9 Å². The Labute approximate surface area is 134 Å². The number of carbonyl (C=O) groups is 1. The van der Waals surface area contributed by atoms with Gasteiger partial charge in [0.25, 0.3) is 0 Å². The molecule has 1 aliphatic heterocycles. The fraction of sp³-hybridized carbons (Fsp3) is 0.632. The van der Waals surface area contributed by atoms with Crippen LogP contribution in [0.15, 0.2) is 18.2 Å². The molecule has 3 nitrogen and oxygen atoms in total. The summed E-state index contributed by atoms with van der Waals surface area (Å²) >= 11 is 0. The molecular weight excluding hydrogens is 272 g/mol. The molecule has 0 bridgehead atoms. The molecule has 1 aliphatic carbocycles. The fourth-order valence-electron chi connectivity index (χ4n) is 3.73.